The fraction of sp³-hybridized carbons (Fsp3) is 0.471. The Morgan fingerprint density at radius 1 is 1.14 bits per heavy atom. The van der Waals surface area contributed by atoms with E-state index in [0.717, 1.165) is 25.7 Å². The van der Waals surface area contributed by atoms with Crippen LogP contribution in [0, 0.1) is 10.1 Å². The molecule has 5 heteroatoms. The molecule has 3 rings (SSSR count). The molecular formula is C17H20N2O3. The summed E-state index contributed by atoms with van der Waals surface area (Å²) >= 11 is 0. The van der Waals surface area contributed by atoms with Crippen LogP contribution >= 0.6 is 0 Å². The summed E-state index contributed by atoms with van der Waals surface area (Å²) < 4.78 is 0. The van der Waals surface area contributed by atoms with Crippen LogP contribution in [0.1, 0.15) is 44.1 Å². The third-order valence-electron chi connectivity index (χ3n) is 4.45. The average molecular weight is 300 g/mol. The van der Waals surface area contributed by atoms with Gasteiger partial charge in [0.25, 0.3) is 5.69 Å². The molecule has 5 nitrogen and oxygen atoms in total. The van der Waals surface area contributed by atoms with Crippen LogP contribution < -0.4 is 0 Å². The first kappa shape index (κ1) is 14.8. The molecule has 0 saturated heterocycles. The molecule has 0 N–H and O–H groups in total. The molecule has 0 radical (unpaired) electrons. The van der Waals surface area contributed by atoms with E-state index >= 15 is 0 Å². The van der Waals surface area contributed by atoms with E-state index in [1.165, 1.54) is 25.0 Å². The second kappa shape index (κ2) is 6.30. The van der Waals surface area contributed by atoms with Gasteiger partial charge in [-0.2, -0.15) is 0 Å². The smallest absolute Gasteiger partial charge is 0.276 e. The predicted octanol–water partition coefficient (Wildman–Crippen LogP) is 3.54. The number of nitrogens with zero attached hydrogens (tertiary/aromatic N) is 2. The number of benzene rings is 1. The van der Waals surface area contributed by atoms with E-state index < -0.39 is 4.92 Å². The van der Waals surface area contributed by atoms with Gasteiger partial charge in [-0.3, -0.25) is 14.9 Å². The highest BCUT2D eigenvalue weighted by Crippen LogP contribution is 2.34. The van der Waals surface area contributed by atoms with Gasteiger partial charge < -0.3 is 4.90 Å². The van der Waals surface area contributed by atoms with E-state index in [-0.39, 0.29) is 11.6 Å². The molecule has 0 spiro atoms. The highest BCUT2D eigenvalue weighted by Gasteiger charge is 2.37. The molecule has 0 bridgehead atoms. The molecule has 1 aromatic rings. The minimum Gasteiger partial charge on any atom is -0.333 e. The number of amides is 1. The summed E-state index contributed by atoms with van der Waals surface area (Å²) in [5, 5.41) is 11.0. The summed E-state index contributed by atoms with van der Waals surface area (Å²) in [6.45, 7) is 0. The minimum atomic E-state index is -0.417. The maximum Gasteiger partial charge on any atom is 0.276 e. The van der Waals surface area contributed by atoms with Crippen molar-refractivity contribution in [3.8, 4) is 0 Å². The lowest BCUT2D eigenvalue weighted by Crippen LogP contribution is -2.39. The summed E-state index contributed by atoms with van der Waals surface area (Å²) in [4.78, 5) is 25.1. The predicted molar refractivity (Wildman–Crippen MR) is 84.3 cm³/mol. The maximum absolute atomic E-state index is 12.5. The van der Waals surface area contributed by atoms with Gasteiger partial charge in [0.2, 0.25) is 5.91 Å². The van der Waals surface area contributed by atoms with Crippen molar-refractivity contribution in [2.75, 3.05) is 0 Å². The van der Waals surface area contributed by atoms with E-state index in [9.17, 15) is 14.9 Å². The summed E-state index contributed by atoms with van der Waals surface area (Å²) in [5.41, 5.74) is 0.508. The molecule has 1 aromatic carbocycles. The van der Waals surface area contributed by atoms with Crippen LogP contribution in [0.2, 0.25) is 0 Å². The molecule has 0 atom stereocenters. The SMILES string of the molecule is O=C(/C=C/c1ccccc1[N+](=O)[O-])N(C1CCCC1)C1CC1. The molecule has 2 aliphatic rings. The van der Waals surface area contributed by atoms with Crippen molar-refractivity contribution in [1.82, 2.24) is 4.90 Å². The van der Waals surface area contributed by atoms with Crippen molar-refractivity contribution in [3.63, 3.8) is 0 Å². The number of hydrogen-bond acceptors (Lipinski definition) is 3. The Bertz CT molecular complexity index is 602. The van der Waals surface area contributed by atoms with Crippen molar-refractivity contribution in [2.24, 2.45) is 0 Å². The van der Waals surface area contributed by atoms with Gasteiger partial charge in [0.15, 0.2) is 0 Å². The van der Waals surface area contributed by atoms with Gasteiger partial charge >= 0.3 is 0 Å². The van der Waals surface area contributed by atoms with Gasteiger partial charge in [-0.25, -0.2) is 0 Å². The Morgan fingerprint density at radius 2 is 1.77 bits per heavy atom. The van der Waals surface area contributed by atoms with Gasteiger partial charge in [-0.15, -0.1) is 0 Å². The van der Waals surface area contributed by atoms with Crippen LogP contribution in [0.5, 0.6) is 0 Å². The van der Waals surface area contributed by atoms with Crippen molar-refractivity contribution in [1.29, 1.82) is 0 Å². The quantitative estimate of drug-likeness (QED) is 0.474. The van der Waals surface area contributed by atoms with Crippen LogP contribution in [-0.4, -0.2) is 27.8 Å². The van der Waals surface area contributed by atoms with Crippen LogP contribution in [0.15, 0.2) is 30.3 Å². The van der Waals surface area contributed by atoms with Crippen LogP contribution in [-0.2, 0) is 4.79 Å². The Balaban J connectivity index is 1.76. The highest BCUT2D eigenvalue weighted by atomic mass is 16.6. The Morgan fingerprint density at radius 3 is 2.41 bits per heavy atom. The van der Waals surface area contributed by atoms with Crippen molar-refractivity contribution in [2.45, 2.75) is 50.6 Å². The zero-order valence-electron chi connectivity index (χ0n) is 12.5. The van der Waals surface area contributed by atoms with Crippen LogP contribution in [0.25, 0.3) is 6.08 Å². The first-order valence-electron chi connectivity index (χ1n) is 7.90. The molecule has 22 heavy (non-hydrogen) atoms. The number of carbonyl (C=O) groups excluding carboxylic acids is 1. The summed E-state index contributed by atoms with van der Waals surface area (Å²) in [6, 6.07) is 7.24. The molecule has 2 fully saturated rings. The van der Waals surface area contributed by atoms with Gasteiger partial charge in [0.05, 0.1) is 10.5 Å². The third-order valence-corrected chi connectivity index (χ3v) is 4.45. The van der Waals surface area contributed by atoms with Gasteiger partial charge in [0.1, 0.15) is 0 Å². The largest absolute Gasteiger partial charge is 0.333 e. The number of hydrogen-bond donors (Lipinski definition) is 0. The Labute approximate surface area is 129 Å². The zero-order chi connectivity index (χ0) is 15.5. The fourth-order valence-corrected chi connectivity index (χ4v) is 3.24. The molecule has 2 saturated carbocycles. The van der Waals surface area contributed by atoms with Crippen LogP contribution in [0.4, 0.5) is 5.69 Å². The number of carbonyl (C=O) groups is 1. The van der Waals surface area contributed by atoms with Crippen molar-refractivity contribution in [3.05, 3.63) is 46.0 Å². The summed E-state index contributed by atoms with van der Waals surface area (Å²) in [7, 11) is 0. The molecule has 0 aromatic heterocycles. The Hall–Kier alpha value is -2.17. The molecule has 0 aliphatic heterocycles. The maximum atomic E-state index is 12.5. The molecule has 0 heterocycles. The first-order valence-corrected chi connectivity index (χ1v) is 7.90. The third kappa shape index (κ3) is 3.18. The number of nitro groups is 1. The van der Waals surface area contributed by atoms with E-state index in [0.29, 0.717) is 17.6 Å². The summed E-state index contributed by atoms with van der Waals surface area (Å²) in [5.74, 6) is -0.00690. The van der Waals surface area contributed by atoms with Crippen molar-refractivity contribution >= 4 is 17.7 Å². The first-order chi connectivity index (χ1) is 10.7. The average Bonchev–Trinajstić information content (AvgIpc) is 3.19. The Kier molecular flexibility index (Phi) is 4.22. The van der Waals surface area contributed by atoms with E-state index in [4.69, 9.17) is 0 Å². The highest BCUT2D eigenvalue weighted by molar-refractivity contribution is 5.93. The lowest BCUT2D eigenvalue weighted by molar-refractivity contribution is -0.385. The standard InChI is InChI=1S/C17H20N2O3/c20-17(18(15-10-11-15)14-6-2-3-7-14)12-9-13-5-1-4-8-16(13)19(21)22/h1,4-5,8-9,12,14-15H,2-3,6-7,10-11H2/b12-9+. The van der Waals surface area contributed by atoms with Gasteiger partial charge in [0, 0.05) is 24.2 Å². The molecular weight excluding hydrogens is 280 g/mol. The second-order valence-electron chi connectivity index (χ2n) is 6.06. The lowest BCUT2D eigenvalue weighted by Gasteiger charge is -2.27. The van der Waals surface area contributed by atoms with Gasteiger partial charge in [-0.05, 0) is 37.8 Å². The number of rotatable bonds is 5. The normalized spacial score (nSPS) is 18.7. The minimum absolute atomic E-state index is 0.00690. The van der Waals surface area contributed by atoms with Crippen molar-refractivity contribution < 1.29 is 9.72 Å². The molecule has 116 valence electrons. The monoisotopic (exact) mass is 300 g/mol. The molecule has 0 unspecified atom stereocenters. The zero-order valence-corrected chi connectivity index (χ0v) is 12.5. The molecule has 1 amide bonds. The number of para-hydroxylation sites is 1. The fourth-order valence-electron chi connectivity index (χ4n) is 3.24. The molecule has 2 aliphatic carbocycles. The van der Waals surface area contributed by atoms with E-state index in [1.54, 1.807) is 24.3 Å². The number of nitro benzene ring substituents is 1. The second-order valence-corrected chi connectivity index (χ2v) is 6.06. The van der Waals surface area contributed by atoms with E-state index in [2.05, 4.69) is 0 Å². The van der Waals surface area contributed by atoms with Gasteiger partial charge in [-0.1, -0.05) is 25.0 Å². The lowest BCUT2D eigenvalue weighted by atomic mass is 10.1. The van der Waals surface area contributed by atoms with E-state index in [1.807, 2.05) is 4.90 Å². The van der Waals surface area contributed by atoms with Crippen LogP contribution in [0.3, 0.4) is 0 Å². The summed E-state index contributed by atoms with van der Waals surface area (Å²) in [6.07, 6.45) is 9.79. The topological polar surface area (TPSA) is 63.4 Å².